The van der Waals surface area contributed by atoms with Gasteiger partial charge in [0.05, 0.1) is 5.69 Å². The van der Waals surface area contributed by atoms with Gasteiger partial charge in [0.25, 0.3) is 0 Å². The SMILES string of the molecule is CC1(C)c2cccc(-c3ccccc3)c2-c2cc(N(c3ccc(-c4ccccc4)cc3)c3cccc(-c4ccccc4)c3)c3ccccc3c21. The maximum Gasteiger partial charge on any atom is 0.0546 e. The van der Waals surface area contributed by atoms with Gasteiger partial charge in [-0.05, 0) is 91.4 Å². The van der Waals surface area contributed by atoms with Crippen molar-refractivity contribution < 1.29 is 0 Å². The first-order valence-electron chi connectivity index (χ1n) is 17.4. The molecule has 1 aliphatic rings. The lowest BCUT2D eigenvalue weighted by Crippen LogP contribution is -2.16. The van der Waals surface area contributed by atoms with Crippen LogP contribution in [-0.2, 0) is 5.41 Å². The third kappa shape index (κ3) is 4.94. The summed E-state index contributed by atoms with van der Waals surface area (Å²) in [6.07, 6.45) is 0. The molecule has 0 N–H and O–H groups in total. The van der Waals surface area contributed by atoms with Crippen LogP contribution in [0, 0.1) is 0 Å². The number of fused-ring (bicyclic) bond motifs is 5. The Morgan fingerprint density at radius 1 is 0.380 bits per heavy atom. The zero-order valence-electron chi connectivity index (χ0n) is 28.3. The average Bonchev–Trinajstić information content (AvgIpc) is 3.42. The Labute approximate surface area is 294 Å². The maximum atomic E-state index is 2.47. The first-order chi connectivity index (χ1) is 24.6. The first-order valence-corrected chi connectivity index (χ1v) is 17.4. The molecule has 0 atom stereocenters. The quantitative estimate of drug-likeness (QED) is 0.175. The van der Waals surface area contributed by atoms with E-state index in [0.717, 1.165) is 11.4 Å². The smallest absolute Gasteiger partial charge is 0.0546 e. The van der Waals surface area contributed by atoms with E-state index in [1.165, 1.54) is 72.1 Å². The third-order valence-electron chi connectivity index (χ3n) is 10.4. The van der Waals surface area contributed by atoms with E-state index in [1.807, 2.05) is 0 Å². The minimum Gasteiger partial charge on any atom is -0.310 e. The Hall–Kier alpha value is -6.18. The molecule has 1 nitrogen and oxygen atoms in total. The van der Waals surface area contributed by atoms with Crippen LogP contribution in [0.5, 0.6) is 0 Å². The van der Waals surface area contributed by atoms with Gasteiger partial charge in [0.15, 0.2) is 0 Å². The Balaban J connectivity index is 1.32. The van der Waals surface area contributed by atoms with Gasteiger partial charge in [-0.15, -0.1) is 0 Å². The summed E-state index contributed by atoms with van der Waals surface area (Å²) >= 11 is 0. The Morgan fingerprint density at radius 2 is 0.920 bits per heavy atom. The molecular weight excluding hydrogens is 603 g/mol. The van der Waals surface area contributed by atoms with Crippen LogP contribution in [0.3, 0.4) is 0 Å². The van der Waals surface area contributed by atoms with Crippen molar-refractivity contribution in [3.8, 4) is 44.5 Å². The summed E-state index contributed by atoms with van der Waals surface area (Å²) in [6.45, 7) is 4.78. The fraction of sp³-hybridized carbons (Fsp3) is 0.0612. The second-order valence-corrected chi connectivity index (χ2v) is 13.7. The number of hydrogen-bond acceptors (Lipinski definition) is 1. The molecule has 8 aromatic carbocycles. The van der Waals surface area contributed by atoms with Gasteiger partial charge in [0.1, 0.15) is 0 Å². The van der Waals surface area contributed by atoms with Crippen molar-refractivity contribution in [2.24, 2.45) is 0 Å². The van der Waals surface area contributed by atoms with E-state index < -0.39 is 0 Å². The number of nitrogens with zero attached hydrogens (tertiary/aromatic N) is 1. The number of hydrogen-bond donors (Lipinski definition) is 0. The molecule has 0 amide bonds. The number of rotatable bonds is 6. The molecule has 0 fully saturated rings. The average molecular weight is 640 g/mol. The van der Waals surface area contributed by atoms with E-state index in [4.69, 9.17) is 0 Å². The molecule has 50 heavy (non-hydrogen) atoms. The molecule has 8 aromatic rings. The summed E-state index contributed by atoms with van der Waals surface area (Å²) in [5.41, 5.74) is 16.0. The second kappa shape index (κ2) is 12.1. The molecule has 0 aromatic heterocycles. The molecule has 0 saturated heterocycles. The largest absolute Gasteiger partial charge is 0.310 e. The van der Waals surface area contributed by atoms with Crippen molar-refractivity contribution in [1.82, 2.24) is 0 Å². The lowest BCUT2D eigenvalue weighted by Gasteiger charge is -2.30. The summed E-state index contributed by atoms with van der Waals surface area (Å²) in [5, 5.41) is 2.54. The molecular formula is C49H37N. The van der Waals surface area contributed by atoms with Crippen LogP contribution in [0.15, 0.2) is 188 Å². The van der Waals surface area contributed by atoms with Gasteiger partial charge in [-0.3, -0.25) is 0 Å². The summed E-state index contributed by atoms with van der Waals surface area (Å²) < 4.78 is 0. The van der Waals surface area contributed by atoms with Gasteiger partial charge in [-0.25, -0.2) is 0 Å². The molecule has 9 rings (SSSR count). The molecule has 1 aliphatic carbocycles. The topological polar surface area (TPSA) is 3.24 Å². The van der Waals surface area contributed by atoms with Crippen LogP contribution in [0.2, 0.25) is 0 Å². The van der Waals surface area contributed by atoms with Crippen molar-refractivity contribution in [1.29, 1.82) is 0 Å². The van der Waals surface area contributed by atoms with E-state index in [9.17, 15) is 0 Å². The summed E-state index contributed by atoms with van der Waals surface area (Å²) in [6, 6.07) is 68.5. The normalized spacial score (nSPS) is 12.8. The molecule has 0 radical (unpaired) electrons. The van der Waals surface area contributed by atoms with Gasteiger partial charge in [-0.1, -0.05) is 172 Å². The maximum absolute atomic E-state index is 2.47. The Morgan fingerprint density at radius 3 is 1.60 bits per heavy atom. The van der Waals surface area contributed by atoms with Crippen molar-refractivity contribution >= 4 is 27.8 Å². The van der Waals surface area contributed by atoms with E-state index in [1.54, 1.807) is 0 Å². The molecule has 238 valence electrons. The van der Waals surface area contributed by atoms with Crippen molar-refractivity contribution in [3.05, 3.63) is 199 Å². The molecule has 0 saturated carbocycles. The number of benzene rings is 8. The highest BCUT2D eigenvalue weighted by Crippen LogP contribution is 2.56. The van der Waals surface area contributed by atoms with Gasteiger partial charge in [0, 0.05) is 22.2 Å². The minimum absolute atomic E-state index is 0.164. The summed E-state index contributed by atoms with van der Waals surface area (Å²) in [5.74, 6) is 0. The van der Waals surface area contributed by atoms with Crippen LogP contribution in [0.25, 0.3) is 55.3 Å². The Bertz CT molecular complexity index is 2480. The lowest BCUT2D eigenvalue weighted by atomic mass is 9.79. The van der Waals surface area contributed by atoms with Crippen LogP contribution in [0.4, 0.5) is 17.1 Å². The van der Waals surface area contributed by atoms with Gasteiger partial charge < -0.3 is 4.90 Å². The third-order valence-corrected chi connectivity index (χ3v) is 10.4. The van der Waals surface area contributed by atoms with E-state index in [0.29, 0.717) is 0 Å². The molecule has 0 unspecified atom stereocenters. The van der Waals surface area contributed by atoms with Gasteiger partial charge >= 0.3 is 0 Å². The molecule has 0 aliphatic heterocycles. The summed E-state index contributed by atoms with van der Waals surface area (Å²) in [4.78, 5) is 2.46. The molecule has 1 heteroatoms. The first kappa shape index (κ1) is 29.9. The van der Waals surface area contributed by atoms with Crippen LogP contribution in [0.1, 0.15) is 25.0 Å². The zero-order chi connectivity index (χ0) is 33.7. The van der Waals surface area contributed by atoms with Gasteiger partial charge in [-0.2, -0.15) is 0 Å². The predicted octanol–water partition coefficient (Wildman–Crippen LogP) is 13.6. The fourth-order valence-electron chi connectivity index (χ4n) is 8.08. The predicted molar refractivity (Wildman–Crippen MR) is 213 cm³/mol. The van der Waals surface area contributed by atoms with Crippen LogP contribution >= 0.6 is 0 Å². The zero-order valence-corrected chi connectivity index (χ0v) is 28.3. The highest BCUT2D eigenvalue weighted by Gasteiger charge is 2.39. The highest BCUT2D eigenvalue weighted by molar-refractivity contribution is 6.09. The van der Waals surface area contributed by atoms with Crippen molar-refractivity contribution in [2.75, 3.05) is 4.90 Å². The minimum atomic E-state index is -0.164. The van der Waals surface area contributed by atoms with E-state index >= 15 is 0 Å². The second-order valence-electron chi connectivity index (χ2n) is 13.7. The van der Waals surface area contributed by atoms with Crippen LogP contribution in [-0.4, -0.2) is 0 Å². The molecule has 0 spiro atoms. The highest BCUT2D eigenvalue weighted by atomic mass is 15.1. The lowest BCUT2D eigenvalue weighted by molar-refractivity contribution is 0.666. The Kier molecular flexibility index (Phi) is 7.21. The standard InChI is InChI=1S/C49H37N/c1-49(2)45-27-15-26-41(37-20-10-5-11-21-37)47(45)44-33-46(42-24-12-13-25-43(42)48(44)49)50(39-30-28-36(29-31-39)34-16-6-3-7-17-34)40-23-14-22-38(32-40)35-18-8-4-9-19-35/h3-33H,1-2H3. The van der Waals surface area contributed by atoms with E-state index in [-0.39, 0.29) is 5.41 Å². The van der Waals surface area contributed by atoms with Crippen molar-refractivity contribution in [3.63, 3.8) is 0 Å². The summed E-state index contributed by atoms with van der Waals surface area (Å²) in [7, 11) is 0. The molecule has 0 bridgehead atoms. The van der Waals surface area contributed by atoms with Gasteiger partial charge in [0.2, 0.25) is 0 Å². The number of anilines is 3. The van der Waals surface area contributed by atoms with Crippen molar-refractivity contribution in [2.45, 2.75) is 19.3 Å². The fourth-order valence-corrected chi connectivity index (χ4v) is 8.08. The van der Waals surface area contributed by atoms with Crippen LogP contribution < -0.4 is 4.90 Å². The van der Waals surface area contributed by atoms with E-state index in [2.05, 4.69) is 207 Å². The molecule has 0 heterocycles. The monoisotopic (exact) mass is 639 g/mol.